The van der Waals surface area contributed by atoms with Crippen LogP contribution in [0.25, 0.3) is 0 Å². The molecule has 0 amide bonds. The second-order valence-corrected chi connectivity index (χ2v) is 7.68. The van der Waals surface area contributed by atoms with Gasteiger partial charge in [0.2, 0.25) is 0 Å². The molecule has 4 heteroatoms. The van der Waals surface area contributed by atoms with E-state index in [2.05, 4.69) is 50.4 Å². The smallest absolute Gasteiger partial charge is 0.119 e. The van der Waals surface area contributed by atoms with Gasteiger partial charge in [-0.25, -0.2) is 0 Å². The third kappa shape index (κ3) is 7.79. The van der Waals surface area contributed by atoms with Crippen LogP contribution in [0.2, 0.25) is 0 Å². The summed E-state index contributed by atoms with van der Waals surface area (Å²) >= 11 is 0. The molecule has 0 fully saturated rings. The molecule has 2 rings (SSSR count). The number of aryl methyl sites for hydroxylation is 1. The summed E-state index contributed by atoms with van der Waals surface area (Å²) < 4.78 is 6.74. The van der Waals surface area contributed by atoms with Crippen molar-refractivity contribution < 1.29 is 9.22 Å². The van der Waals surface area contributed by atoms with Gasteiger partial charge in [0.1, 0.15) is 5.75 Å². The highest BCUT2D eigenvalue weighted by Gasteiger charge is 2.05. The maximum atomic E-state index is 5.78. The number of quaternary nitrogens is 1. The predicted molar refractivity (Wildman–Crippen MR) is 109 cm³/mol. The number of ether oxygens (including phenoxy) is 1. The summed E-state index contributed by atoms with van der Waals surface area (Å²) in [4.78, 5) is 0. The first-order valence-corrected chi connectivity index (χ1v) is 9.50. The molecule has 2 aromatic rings. The number of benzene rings is 2. The average Bonchev–Trinajstić information content (AvgIpc) is 2.63. The van der Waals surface area contributed by atoms with Crippen LogP contribution in [0.5, 0.6) is 5.75 Å². The predicted octanol–water partition coefficient (Wildman–Crippen LogP) is 5.92. The number of unbranched alkanes of at least 4 members (excludes halogenated alkanes) is 1. The molecule has 0 saturated heterocycles. The molecule has 4 nitrogen and oxygen atoms in total. The van der Waals surface area contributed by atoms with Crippen LogP contribution in [0, 0.1) is 0 Å². The molecule has 0 aromatic heterocycles. The van der Waals surface area contributed by atoms with Crippen molar-refractivity contribution in [1.29, 1.82) is 0 Å². The molecule has 0 spiro atoms. The second-order valence-electron chi connectivity index (χ2n) is 7.68. The van der Waals surface area contributed by atoms with E-state index in [4.69, 9.17) is 4.74 Å². The minimum atomic E-state index is 0.737. The van der Waals surface area contributed by atoms with Crippen LogP contribution < -0.4 is 4.74 Å². The second kappa shape index (κ2) is 10.1. The van der Waals surface area contributed by atoms with E-state index in [9.17, 15) is 0 Å². The summed E-state index contributed by atoms with van der Waals surface area (Å²) in [5.74, 6) is 0.880. The van der Waals surface area contributed by atoms with Crippen molar-refractivity contribution in [1.82, 2.24) is 0 Å². The summed E-state index contributed by atoms with van der Waals surface area (Å²) in [6.45, 7) is 4.05. The Morgan fingerprint density at radius 2 is 1.38 bits per heavy atom. The van der Waals surface area contributed by atoms with Crippen molar-refractivity contribution in [3.63, 3.8) is 0 Å². The van der Waals surface area contributed by atoms with Crippen molar-refractivity contribution in [3.05, 3.63) is 54.1 Å². The van der Waals surface area contributed by atoms with E-state index in [1.54, 1.807) is 0 Å². The Bertz CT molecular complexity index is 670. The van der Waals surface area contributed by atoms with E-state index in [-0.39, 0.29) is 0 Å². The van der Waals surface area contributed by atoms with Crippen molar-refractivity contribution in [2.24, 2.45) is 10.2 Å². The zero-order valence-electron chi connectivity index (χ0n) is 16.6. The number of nitrogens with zero attached hydrogens (tertiary/aromatic N) is 3. The molecular formula is C22H32N3O+. The van der Waals surface area contributed by atoms with E-state index in [0.29, 0.717) is 0 Å². The van der Waals surface area contributed by atoms with Gasteiger partial charge in [-0.1, -0.05) is 25.5 Å². The molecule has 0 saturated carbocycles. The minimum Gasteiger partial charge on any atom is -0.493 e. The monoisotopic (exact) mass is 354 g/mol. The molecule has 0 bridgehead atoms. The number of azo groups is 1. The summed E-state index contributed by atoms with van der Waals surface area (Å²) in [6.07, 6.45) is 4.62. The van der Waals surface area contributed by atoms with Crippen LogP contribution in [0.3, 0.4) is 0 Å². The van der Waals surface area contributed by atoms with Crippen molar-refractivity contribution in [2.75, 3.05) is 34.3 Å². The summed E-state index contributed by atoms with van der Waals surface area (Å²) in [5.41, 5.74) is 3.07. The van der Waals surface area contributed by atoms with Gasteiger partial charge in [-0.15, -0.1) is 0 Å². The Balaban J connectivity index is 1.81. The fourth-order valence-electron chi connectivity index (χ4n) is 2.56. The topological polar surface area (TPSA) is 34.0 Å². The number of hydrogen-bond donors (Lipinski definition) is 0. The van der Waals surface area contributed by atoms with Crippen LogP contribution in [0.15, 0.2) is 58.8 Å². The minimum absolute atomic E-state index is 0.737. The van der Waals surface area contributed by atoms with Crippen LogP contribution in [0.1, 0.15) is 31.7 Å². The zero-order chi connectivity index (χ0) is 18.8. The van der Waals surface area contributed by atoms with E-state index in [0.717, 1.165) is 47.6 Å². The molecule has 2 aromatic carbocycles. The van der Waals surface area contributed by atoms with Crippen LogP contribution >= 0.6 is 0 Å². The van der Waals surface area contributed by atoms with Gasteiger partial charge in [-0.05, 0) is 54.8 Å². The Kier molecular flexibility index (Phi) is 7.79. The van der Waals surface area contributed by atoms with Crippen molar-refractivity contribution >= 4 is 11.4 Å². The van der Waals surface area contributed by atoms with Crippen LogP contribution in [-0.2, 0) is 6.42 Å². The number of rotatable bonds is 10. The third-order valence-electron chi connectivity index (χ3n) is 4.12. The molecule has 26 heavy (non-hydrogen) atoms. The normalized spacial score (nSPS) is 11.8. The Morgan fingerprint density at radius 1 is 0.808 bits per heavy atom. The molecule has 140 valence electrons. The van der Waals surface area contributed by atoms with E-state index >= 15 is 0 Å². The molecule has 0 heterocycles. The SMILES string of the molecule is CCCCc1ccc(N=Nc2ccc(OCCC[N+](C)(C)C)cc2)cc1. The van der Waals surface area contributed by atoms with E-state index < -0.39 is 0 Å². The maximum absolute atomic E-state index is 5.78. The van der Waals surface area contributed by atoms with Gasteiger partial charge in [0.05, 0.1) is 45.7 Å². The largest absolute Gasteiger partial charge is 0.493 e. The summed E-state index contributed by atoms with van der Waals surface area (Å²) in [6, 6.07) is 16.1. The van der Waals surface area contributed by atoms with E-state index in [1.165, 1.54) is 18.4 Å². The van der Waals surface area contributed by atoms with Gasteiger partial charge >= 0.3 is 0 Å². The van der Waals surface area contributed by atoms with Gasteiger partial charge in [-0.2, -0.15) is 10.2 Å². The van der Waals surface area contributed by atoms with Crippen molar-refractivity contribution in [2.45, 2.75) is 32.6 Å². The lowest BCUT2D eigenvalue weighted by Crippen LogP contribution is -2.35. The molecular weight excluding hydrogens is 322 g/mol. The highest BCUT2D eigenvalue weighted by Crippen LogP contribution is 2.22. The zero-order valence-corrected chi connectivity index (χ0v) is 16.6. The molecule has 0 aliphatic rings. The van der Waals surface area contributed by atoms with Crippen molar-refractivity contribution in [3.8, 4) is 5.75 Å². The highest BCUT2D eigenvalue weighted by atomic mass is 16.5. The average molecular weight is 355 g/mol. The first kappa shape index (κ1) is 20.1. The Hall–Kier alpha value is -2.20. The lowest BCUT2D eigenvalue weighted by molar-refractivity contribution is -0.870. The molecule has 0 N–H and O–H groups in total. The van der Waals surface area contributed by atoms with Gasteiger partial charge in [0, 0.05) is 6.42 Å². The highest BCUT2D eigenvalue weighted by molar-refractivity contribution is 5.43. The lowest BCUT2D eigenvalue weighted by Gasteiger charge is -2.23. The Morgan fingerprint density at radius 3 is 1.92 bits per heavy atom. The molecule has 0 radical (unpaired) electrons. The van der Waals surface area contributed by atoms with Crippen LogP contribution in [-0.4, -0.2) is 38.8 Å². The first-order chi connectivity index (χ1) is 12.5. The lowest BCUT2D eigenvalue weighted by atomic mass is 10.1. The molecule has 0 aliphatic carbocycles. The number of hydrogen-bond acceptors (Lipinski definition) is 3. The third-order valence-corrected chi connectivity index (χ3v) is 4.12. The summed E-state index contributed by atoms with van der Waals surface area (Å²) in [5, 5.41) is 8.62. The molecule has 0 atom stereocenters. The van der Waals surface area contributed by atoms with Gasteiger partial charge in [0.25, 0.3) is 0 Å². The molecule has 0 aliphatic heterocycles. The Labute approximate surface area is 158 Å². The van der Waals surface area contributed by atoms with Gasteiger partial charge in [-0.3, -0.25) is 0 Å². The quantitative estimate of drug-likeness (QED) is 0.296. The van der Waals surface area contributed by atoms with Crippen LogP contribution in [0.4, 0.5) is 11.4 Å². The maximum Gasteiger partial charge on any atom is 0.119 e. The summed E-state index contributed by atoms with van der Waals surface area (Å²) in [7, 11) is 6.58. The fourth-order valence-corrected chi connectivity index (χ4v) is 2.56. The first-order valence-electron chi connectivity index (χ1n) is 9.50. The van der Waals surface area contributed by atoms with Gasteiger partial charge in [0.15, 0.2) is 0 Å². The van der Waals surface area contributed by atoms with Gasteiger partial charge < -0.3 is 9.22 Å². The molecule has 0 unspecified atom stereocenters. The fraction of sp³-hybridized carbons (Fsp3) is 0.455. The van der Waals surface area contributed by atoms with E-state index in [1.807, 2.05) is 36.4 Å². The standard InChI is InChI=1S/C22H32N3O/c1-5-6-8-19-9-11-20(12-10-19)23-24-21-13-15-22(16-14-21)26-18-7-17-25(2,3)4/h9-16H,5-8,17-18H2,1-4H3/q+1.